The quantitative estimate of drug-likeness (QED) is 0.922. The van der Waals surface area contributed by atoms with Gasteiger partial charge >= 0.3 is 0 Å². The molecule has 110 valence electrons. The topological polar surface area (TPSA) is 48.5 Å². The standard InChI is InChI=1S/C14H21ClN4O/c1-3-16-13-9-11(12(15)10-17-13)14(20)19-7-5-18(4-2)6-8-19/h9-10H,3-8H2,1-2H3,(H,16,17). The van der Waals surface area contributed by atoms with Crippen molar-refractivity contribution in [3.05, 3.63) is 22.8 Å². The number of rotatable bonds is 4. The minimum atomic E-state index is -0.00712. The lowest BCUT2D eigenvalue weighted by atomic mass is 10.2. The molecule has 1 N–H and O–H groups in total. The summed E-state index contributed by atoms with van der Waals surface area (Å²) in [4.78, 5) is 20.9. The van der Waals surface area contributed by atoms with Gasteiger partial charge in [0.25, 0.3) is 5.91 Å². The molecule has 20 heavy (non-hydrogen) atoms. The lowest BCUT2D eigenvalue weighted by Crippen LogP contribution is -2.48. The van der Waals surface area contributed by atoms with Crippen molar-refractivity contribution >= 4 is 23.3 Å². The number of hydrogen-bond donors (Lipinski definition) is 1. The summed E-state index contributed by atoms with van der Waals surface area (Å²) >= 11 is 6.12. The summed E-state index contributed by atoms with van der Waals surface area (Å²) in [5.74, 6) is 0.680. The van der Waals surface area contributed by atoms with E-state index in [1.807, 2.05) is 11.8 Å². The van der Waals surface area contributed by atoms with Crippen LogP contribution in [0.25, 0.3) is 0 Å². The summed E-state index contributed by atoms with van der Waals surface area (Å²) in [5.41, 5.74) is 0.530. The fourth-order valence-electron chi connectivity index (χ4n) is 2.32. The first-order valence-corrected chi connectivity index (χ1v) is 7.44. The smallest absolute Gasteiger partial charge is 0.255 e. The minimum Gasteiger partial charge on any atom is -0.370 e. The van der Waals surface area contributed by atoms with Crippen LogP contribution in [0.2, 0.25) is 5.02 Å². The molecule has 0 bridgehead atoms. The monoisotopic (exact) mass is 296 g/mol. The molecule has 0 saturated carbocycles. The second kappa shape index (κ2) is 6.90. The van der Waals surface area contributed by atoms with Crippen molar-refractivity contribution in [3.63, 3.8) is 0 Å². The van der Waals surface area contributed by atoms with E-state index in [0.29, 0.717) is 16.4 Å². The molecule has 5 nitrogen and oxygen atoms in total. The molecule has 2 rings (SSSR count). The van der Waals surface area contributed by atoms with Gasteiger partial charge in [-0.2, -0.15) is 0 Å². The van der Waals surface area contributed by atoms with Gasteiger partial charge in [0.1, 0.15) is 5.82 Å². The number of hydrogen-bond acceptors (Lipinski definition) is 4. The Morgan fingerprint density at radius 2 is 2.05 bits per heavy atom. The van der Waals surface area contributed by atoms with Gasteiger partial charge in [0.15, 0.2) is 0 Å². The third kappa shape index (κ3) is 3.41. The molecule has 0 aliphatic carbocycles. The Hall–Kier alpha value is -1.33. The number of carbonyl (C=O) groups is 1. The zero-order valence-corrected chi connectivity index (χ0v) is 12.8. The van der Waals surface area contributed by atoms with Crippen molar-refractivity contribution in [2.45, 2.75) is 13.8 Å². The number of nitrogens with zero attached hydrogens (tertiary/aromatic N) is 3. The van der Waals surface area contributed by atoms with E-state index < -0.39 is 0 Å². The van der Waals surface area contributed by atoms with Crippen LogP contribution in [0.4, 0.5) is 5.82 Å². The van der Waals surface area contributed by atoms with Gasteiger partial charge in [-0.15, -0.1) is 0 Å². The summed E-state index contributed by atoms with van der Waals surface area (Å²) < 4.78 is 0. The number of pyridine rings is 1. The van der Waals surface area contributed by atoms with E-state index in [4.69, 9.17) is 11.6 Å². The molecule has 1 aliphatic heterocycles. The van der Waals surface area contributed by atoms with Crippen LogP contribution in [0.3, 0.4) is 0 Å². The average Bonchev–Trinajstić information content (AvgIpc) is 2.49. The Bertz CT molecular complexity index is 472. The normalized spacial score (nSPS) is 16.2. The molecular formula is C14H21ClN4O. The summed E-state index contributed by atoms with van der Waals surface area (Å²) in [6.45, 7) is 9.27. The second-order valence-electron chi connectivity index (χ2n) is 4.81. The fraction of sp³-hybridized carbons (Fsp3) is 0.571. The molecule has 1 saturated heterocycles. The molecule has 1 aromatic rings. The predicted octanol–water partition coefficient (Wildman–Crippen LogP) is 1.94. The first-order valence-electron chi connectivity index (χ1n) is 7.06. The number of piperazine rings is 1. The predicted molar refractivity (Wildman–Crippen MR) is 81.4 cm³/mol. The number of anilines is 1. The van der Waals surface area contributed by atoms with Gasteiger partial charge in [0.2, 0.25) is 0 Å². The van der Waals surface area contributed by atoms with E-state index in [0.717, 1.165) is 39.3 Å². The van der Waals surface area contributed by atoms with Crippen LogP contribution in [0.15, 0.2) is 12.3 Å². The molecule has 0 unspecified atom stereocenters. The van der Waals surface area contributed by atoms with Gasteiger partial charge < -0.3 is 15.1 Å². The van der Waals surface area contributed by atoms with Crippen molar-refractivity contribution in [2.24, 2.45) is 0 Å². The number of halogens is 1. The highest BCUT2D eigenvalue weighted by Gasteiger charge is 2.23. The van der Waals surface area contributed by atoms with E-state index in [2.05, 4.69) is 22.1 Å². The molecule has 1 fully saturated rings. The number of aromatic nitrogens is 1. The third-order valence-electron chi connectivity index (χ3n) is 3.55. The molecule has 0 aromatic carbocycles. The Labute approximate surface area is 124 Å². The SMILES string of the molecule is CCNc1cc(C(=O)N2CCN(CC)CC2)c(Cl)cn1. The van der Waals surface area contributed by atoms with Crippen molar-refractivity contribution in [3.8, 4) is 0 Å². The van der Waals surface area contributed by atoms with Crippen LogP contribution < -0.4 is 5.32 Å². The van der Waals surface area contributed by atoms with Crippen LogP contribution in [0, 0.1) is 0 Å². The molecule has 2 heterocycles. The fourth-order valence-corrected chi connectivity index (χ4v) is 2.50. The molecule has 1 aliphatic rings. The van der Waals surface area contributed by atoms with Gasteiger partial charge in [-0.3, -0.25) is 4.79 Å². The Balaban J connectivity index is 2.10. The van der Waals surface area contributed by atoms with Crippen molar-refractivity contribution < 1.29 is 4.79 Å². The van der Waals surface area contributed by atoms with Gasteiger partial charge in [-0.1, -0.05) is 18.5 Å². The maximum atomic E-state index is 12.5. The maximum Gasteiger partial charge on any atom is 0.255 e. The minimum absolute atomic E-state index is 0.00712. The molecule has 1 aromatic heterocycles. The van der Waals surface area contributed by atoms with Crippen molar-refractivity contribution in [1.82, 2.24) is 14.8 Å². The van der Waals surface area contributed by atoms with E-state index in [-0.39, 0.29) is 5.91 Å². The third-order valence-corrected chi connectivity index (χ3v) is 3.85. The molecule has 0 spiro atoms. The average molecular weight is 297 g/mol. The van der Waals surface area contributed by atoms with Gasteiger partial charge in [0.05, 0.1) is 10.6 Å². The molecule has 6 heteroatoms. The van der Waals surface area contributed by atoms with Crippen LogP contribution >= 0.6 is 11.6 Å². The van der Waals surface area contributed by atoms with Crippen LogP contribution in [0.5, 0.6) is 0 Å². The van der Waals surface area contributed by atoms with Crippen molar-refractivity contribution in [1.29, 1.82) is 0 Å². The lowest BCUT2D eigenvalue weighted by Gasteiger charge is -2.34. The summed E-state index contributed by atoms with van der Waals surface area (Å²) in [6.07, 6.45) is 1.54. The highest BCUT2D eigenvalue weighted by Crippen LogP contribution is 2.20. The van der Waals surface area contributed by atoms with Crippen LogP contribution in [-0.2, 0) is 0 Å². The van der Waals surface area contributed by atoms with E-state index in [1.165, 1.54) is 6.20 Å². The molecule has 1 amide bonds. The zero-order valence-electron chi connectivity index (χ0n) is 12.0. The lowest BCUT2D eigenvalue weighted by molar-refractivity contribution is 0.0643. The summed E-state index contributed by atoms with van der Waals surface area (Å²) in [5, 5.41) is 3.51. The van der Waals surface area contributed by atoms with Crippen LogP contribution in [-0.4, -0.2) is 60.0 Å². The molecule has 0 radical (unpaired) electrons. The number of amides is 1. The van der Waals surface area contributed by atoms with E-state index in [1.54, 1.807) is 6.07 Å². The Morgan fingerprint density at radius 1 is 1.35 bits per heavy atom. The first-order chi connectivity index (χ1) is 9.65. The Morgan fingerprint density at radius 3 is 2.65 bits per heavy atom. The summed E-state index contributed by atoms with van der Waals surface area (Å²) in [6, 6.07) is 1.74. The van der Waals surface area contributed by atoms with Gasteiger partial charge in [0, 0.05) is 38.9 Å². The Kier molecular flexibility index (Phi) is 5.20. The highest BCUT2D eigenvalue weighted by molar-refractivity contribution is 6.33. The van der Waals surface area contributed by atoms with Gasteiger partial charge in [-0.25, -0.2) is 4.98 Å². The van der Waals surface area contributed by atoms with Gasteiger partial charge in [-0.05, 0) is 19.5 Å². The summed E-state index contributed by atoms with van der Waals surface area (Å²) in [7, 11) is 0. The van der Waals surface area contributed by atoms with E-state index >= 15 is 0 Å². The number of likely N-dealkylation sites (N-methyl/N-ethyl adjacent to an activating group) is 1. The van der Waals surface area contributed by atoms with Crippen LogP contribution in [0.1, 0.15) is 24.2 Å². The second-order valence-corrected chi connectivity index (χ2v) is 5.21. The van der Waals surface area contributed by atoms with E-state index in [9.17, 15) is 4.79 Å². The first kappa shape index (κ1) is 15.1. The van der Waals surface area contributed by atoms with Crippen molar-refractivity contribution in [2.75, 3.05) is 44.6 Å². The maximum absolute atomic E-state index is 12.5. The highest BCUT2D eigenvalue weighted by atomic mass is 35.5. The number of nitrogens with one attached hydrogen (secondary N) is 1. The molecule has 0 atom stereocenters. The zero-order chi connectivity index (χ0) is 14.5. The number of carbonyl (C=O) groups excluding carboxylic acids is 1. The largest absolute Gasteiger partial charge is 0.370 e. The molecular weight excluding hydrogens is 276 g/mol.